The lowest BCUT2D eigenvalue weighted by Gasteiger charge is -2.18. The maximum atomic E-state index is 10.9. The van der Waals surface area contributed by atoms with Gasteiger partial charge in [0.25, 0.3) is 0 Å². The number of benzene rings is 3. The minimum atomic E-state index is 0. The van der Waals surface area contributed by atoms with Crippen LogP contribution in [-0.2, 0) is 0 Å². The van der Waals surface area contributed by atoms with Gasteiger partial charge in [0, 0.05) is 36.3 Å². The minimum Gasteiger partial charge on any atom is -0.355 e. The first kappa shape index (κ1) is 19.6. The van der Waals surface area contributed by atoms with E-state index in [1.54, 1.807) is 0 Å². The molecule has 3 aromatic carbocycles. The van der Waals surface area contributed by atoms with Crippen molar-refractivity contribution in [2.24, 2.45) is 0 Å². The van der Waals surface area contributed by atoms with Crippen LogP contribution < -0.4 is 9.80 Å². The van der Waals surface area contributed by atoms with E-state index in [9.17, 15) is 9.59 Å². The van der Waals surface area contributed by atoms with Gasteiger partial charge in [-0.2, -0.15) is 0 Å². The smallest absolute Gasteiger partial charge is 0.150 e. The first-order valence-electron chi connectivity index (χ1n) is 8.83. The molecule has 0 saturated carbocycles. The van der Waals surface area contributed by atoms with E-state index < -0.39 is 0 Å². The van der Waals surface area contributed by atoms with Gasteiger partial charge in [0.05, 0.1) is 18.0 Å². The molecule has 0 bridgehead atoms. The van der Waals surface area contributed by atoms with Gasteiger partial charge in [-0.25, -0.2) is 0 Å². The average molecular weight is 393 g/mol. The van der Waals surface area contributed by atoms with E-state index in [-0.39, 0.29) is 12.4 Å². The summed E-state index contributed by atoms with van der Waals surface area (Å²) in [6.45, 7) is 0.804. The molecule has 0 fully saturated rings. The van der Waals surface area contributed by atoms with E-state index in [4.69, 9.17) is 0 Å². The maximum Gasteiger partial charge on any atom is 0.150 e. The molecular weight excluding hydrogens is 372 g/mol. The molecule has 0 unspecified atom stereocenters. The van der Waals surface area contributed by atoms with Gasteiger partial charge in [-0.15, -0.1) is 12.4 Å². The van der Waals surface area contributed by atoms with Crippen molar-refractivity contribution in [3.05, 3.63) is 71.8 Å². The van der Waals surface area contributed by atoms with Crippen molar-refractivity contribution in [3.8, 4) is 22.3 Å². The predicted molar refractivity (Wildman–Crippen MR) is 117 cm³/mol. The lowest BCUT2D eigenvalue weighted by atomic mass is 9.95. The van der Waals surface area contributed by atoms with Crippen LogP contribution in [0.2, 0.25) is 0 Å². The zero-order valence-electron chi connectivity index (χ0n) is 15.8. The second-order valence-corrected chi connectivity index (χ2v) is 6.87. The van der Waals surface area contributed by atoms with E-state index in [2.05, 4.69) is 36.0 Å². The van der Waals surface area contributed by atoms with Crippen LogP contribution >= 0.6 is 12.4 Å². The Morgan fingerprint density at radius 2 is 1.00 bits per heavy atom. The van der Waals surface area contributed by atoms with Crippen molar-refractivity contribution in [1.29, 1.82) is 0 Å². The summed E-state index contributed by atoms with van der Waals surface area (Å²) in [6, 6.07) is 19.6. The van der Waals surface area contributed by atoms with Gasteiger partial charge in [-0.05, 0) is 11.1 Å². The molecule has 0 saturated heterocycles. The zero-order valence-corrected chi connectivity index (χ0v) is 16.6. The molecule has 142 valence electrons. The van der Waals surface area contributed by atoms with E-state index in [0.717, 1.165) is 41.5 Å². The number of hydrogen-bond acceptors (Lipinski definition) is 4. The highest BCUT2D eigenvalue weighted by Crippen LogP contribution is 2.47. The molecule has 1 aliphatic rings. The van der Waals surface area contributed by atoms with Crippen molar-refractivity contribution < 1.29 is 9.59 Å². The molecule has 0 aromatic heterocycles. The molecule has 4 nitrogen and oxygen atoms in total. The van der Waals surface area contributed by atoms with Gasteiger partial charge in [0.2, 0.25) is 0 Å². The molecule has 0 aliphatic carbocycles. The van der Waals surface area contributed by atoms with Crippen molar-refractivity contribution in [3.63, 3.8) is 0 Å². The number of fused-ring (bicyclic) bond motifs is 1. The van der Waals surface area contributed by atoms with Gasteiger partial charge < -0.3 is 9.80 Å². The molecule has 3 aromatic rings. The molecule has 0 N–H and O–H groups in total. The molecule has 0 radical (unpaired) electrons. The number of nitrogens with zero attached hydrogens (tertiary/aromatic N) is 2. The lowest BCUT2D eigenvalue weighted by Crippen LogP contribution is -2.24. The fourth-order valence-electron chi connectivity index (χ4n) is 3.76. The van der Waals surface area contributed by atoms with Crippen LogP contribution in [0.25, 0.3) is 22.3 Å². The lowest BCUT2D eigenvalue weighted by molar-refractivity contribution is 0.111. The second-order valence-electron chi connectivity index (χ2n) is 6.87. The van der Waals surface area contributed by atoms with Gasteiger partial charge in [0.1, 0.15) is 12.6 Å². The highest BCUT2D eigenvalue weighted by atomic mass is 35.5. The molecule has 0 atom stereocenters. The van der Waals surface area contributed by atoms with Crippen LogP contribution in [0, 0.1) is 0 Å². The number of anilines is 2. The van der Waals surface area contributed by atoms with Crippen molar-refractivity contribution in [1.82, 2.24) is 0 Å². The van der Waals surface area contributed by atoms with Crippen LogP contribution in [0.4, 0.5) is 11.4 Å². The number of halogens is 1. The first-order valence-corrected chi connectivity index (χ1v) is 8.83. The fraction of sp³-hybridized carbons (Fsp3) is 0.130. The SMILES string of the molecule is CN1CN(C)c2c(-c3ccc(C=O)cc3)ccc(-c3ccc(C=O)cc3)c21.Cl. The molecule has 1 heterocycles. The van der Waals surface area contributed by atoms with Gasteiger partial charge >= 0.3 is 0 Å². The van der Waals surface area contributed by atoms with Crippen LogP contribution in [0.1, 0.15) is 20.7 Å². The van der Waals surface area contributed by atoms with E-state index in [1.807, 2.05) is 48.5 Å². The van der Waals surface area contributed by atoms with E-state index in [0.29, 0.717) is 11.1 Å². The molecule has 0 amide bonds. The van der Waals surface area contributed by atoms with Crippen LogP contribution in [-0.4, -0.2) is 33.3 Å². The van der Waals surface area contributed by atoms with Crippen molar-refractivity contribution >= 4 is 36.4 Å². The summed E-state index contributed by atoms with van der Waals surface area (Å²) in [4.78, 5) is 26.4. The third kappa shape index (κ3) is 3.27. The summed E-state index contributed by atoms with van der Waals surface area (Å²) < 4.78 is 0. The Morgan fingerprint density at radius 1 is 0.643 bits per heavy atom. The van der Waals surface area contributed by atoms with Gasteiger partial charge in [0.15, 0.2) is 0 Å². The minimum absolute atomic E-state index is 0. The molecule has 28 heavy (non-hydrogen) atoms. The van der Waals surface area contributed by atoms with Crippen molar-refractivity contribution in [2.45, 2.75) is 0 Å². The standard InChI is InChI=1S/C23H20N2O2.ClH/c1-24-15-25(2)23-21(19-9-5-17(14-27)6-10-19)12-11-20(22(23)24)18-7-3-16(13-26)4-8-18;/h3-14H,15H2,1-2H3;1H. The molecule has 4 rings (SSSR count). The Morgan fingerprint density at radius 3 is 1.32 bits per heavy atom. The number of carbonyl (C=O) groups is 2. The third-order valence-corrected chi connectivity index (χ3v) is 5.05. The Labute approximate surface area is 170 Å². The average Bonchev–Trinajstić information content (AvgIpc) is 3.02. The largest absolute Gasteiger partial charge is 0.355 e. The number of hydrogen-bond donors (Lipinski definition) is 0. The summed E-state index contributed by atoms with van der Waals surface area (Å²) in [7, 11) is 4.18. The first-order chi connectivity index (χ1) is 13.1. The molecule has 0 spiro atoms. The maximum absolute atomic E-state index is 10.9. The van der Waals surface area contributed by atoms with E-state index in [1.165, 1.54) is 11.4 Å². The Bertz CT molecular complexity index is 932. The topological polar surface area (TPSA) is 40.6 Å². The normalized spacial score (nSPS) is 12.4. The van der Waals surface area contributed by atoms with Gasteiger partial charge in [-0.3, -0.25) is 9.59 Å². The summed E-state index contributed by atoms with van der Waals surface area (Å²) in [5, 5.41) is 0. The predicted octanol–water partition coefficient (Wildman–Crippen LogP) is 4.91. The summed E-state index contributed by atoms with van der Waals surface area (Å²) in [6.07, 6.45) is 1.72. The Balaban J connectivity index is 0.00000225. The zero-order chi connectivity index (χ0) is 19.0. The molecule has 1 aliphatic heterocycles. The van der Waals surface area contributed by atoms with Crippen LogP contribution in [0.5, 0.6) is 0 Å². The monoisotopic (exact) mass is 392 g/mol. The highest BCUT2D eigenvalue weighted by Gasteiger charge is 2.27. The summed E-state index contributed by atoms with van der Waals surface area (Å²) >= 11 is 0. The second kappa shape index (κ2) is 7.87. The van der Waals surface area contributed by atoms with E-state index >= 15 is 0 Å². The Hall–Kier alpha value is -3.11. The third-order valence-electron chi connectivity index (χ3n) is 5.05. The number of rotatable bonds is 4. The van der Waals surface area contributed by atoms with Crippen LogP contribution in [0.15, 0.2) is 60.7 Å². The number of carbonyl (C=O) groups excluding carboxylic acids is 2. The number of aldehydes is 2. The molecular formula is C23H21ClN2O2. The summed E-state index contributed by atoms with van der Waals surface area (Å²) in [5.74, 6) is 0. The van der Waals surface area contributed by atoms with Gasteiger partial charge in [-0.1, -0.05) is 60.7 Å². The van der Waals surface area contributed by atoms with Crippen LogP contribution in [0.3, 0.4) is 0 Å². The highest BCUT2D eigenvalue weighted by molar-refractivity contribution is 5.99. The Kier molecular flexibility index (Phi) is 5.52. The molecule has 5 heteroatoms. The quantitative estimate of drug-likeness (QED) is 0.591. The summed E-state index contributed by atoms with van der Waals surface area (Å²) in [5.41, 5.74) is 8.15. The fourth-order valence-corrected chi connectivity index (χ4v) is 3.76. The van der Waals surface area contributed by atoms with Crippen molar-refractivity contribution in [2.75, 3.05) is 30.6 Å².